The number of benzene rings is 1. The minimum absolute atomic E-state index is 0.0371. The fraction of sp³-hybridized carbons (Fsp3) is 0.500. The van der Waals surface area contributed by atoms with Gasteiger partial charge >= 0.3 is 5.97 Å². The Morgan fingerprint density at radius 1 is 0.969 bits per heavy atom. The van der Waals surface area contributed by atoms with Crippen molar-refractivity contribution >= 4 is 17.5 Å². The van der Waals surface area contributed by atoms with E-state index in [0.29, 0.717) is 0 Å². The first-order valence-electron chi connectivity index (χ1n) is 10.4. The maximum absolute atomic E-state index is 13.6. The molecule has 7 rings (SSSR count). The van der Waals surface area contributed by atoms with Crippen molar-refractivity contribution in [1.82, 2.24) is 0 Å². The molecule has 4 aliphatic heterocycles. The lowest BCUT2D eigenvalue weighted by Gasteiger charge is -2.52. The highest BCUT2D eigenvalue weighted by Gasteiger charge is 2.62. The molecule has 10 nitrogen and oxygen atoms in total. The molecule has 10 heteroatoms. The summed E-state index contributed by atoms with van der Waals surface area (Å²) in [5, 5.41) is 44.0. The minimum Gasteiger partial charge on any atom is -0.507 e. The average Bonchev–Trinajstić information content (AvgIpc) is 3.09. The first kappa shape index (κ1) is 19.9. The van der Waals surface area contributed by atoms with Gasteiger partial charge in [-0.3, -0.25) is 14.4 Å². The summed E-state index contributed by atoms with van der Waals surface area (Å²) in [4.78, 5) is 39.0. The largest absolute Gasteiger partial charge is 0.507 e. The van der Waals surface area contributed by atoms with E-state index < -0.39 is 82.4 Å². The van der Waals surface area contributed by atoms with E-state index in [0.717, 1.165) is 0 Å². The van der Waals surface area contributed by atoms with Gasteiger partial charge in [-0.2, -0.15) is 0 Å². The molecular weight excluding hydrogens is 424 g/mol. The molecule has 4 heterocycles. The summed E-state index contributed by atoms with van der Waals surface area (Å²) >= 11 is 0. The Morgan fingerprint density at radius 2 is 1.62 bits per heavy atom. The fourth-order valence-electron chi connectivity index (χ4n) is 5.95. The second kappa shape index (κ2) is 5.96. The van der Waals surface area contributed by atoms with E-state index in [-0.39, 0.29) is 35.1 Å². The van der Waals surface area contributed by atoms with Crippen molar-refractivity contribution in [2.75, 3.05) is 0 Å². The Kier molecular flexibility index (Phi) is 3.70. The second-order valence-corrected chi connectivity index (χ2v) is 9.00. The first-order chi connectivity index (χ1) is 15.1. The number of fused-ring (bicyclic) bond motifs is 6. The molecule has 1 aromatic carbocycles. The Balaban J connectivity index is 1.64. The van der Waals surface area contributed by atoms with E-state index in [2.05, 4.69) is 0 Å². The molecule has 0 amide bonds. The van der Waals surface area contributed by atoms with Gasteiger partial charge in [-0.1, -0.05) is 0 Å². The summed E-state index contributed by atoms with van der Waals surface area (Å²) in [7, 11) is 0. The van der Waals surface area contributed by atoms with Gasteiger partial charge in [-0.25, -0.2) is 0 Å². The molecule has 2 bridgehead atoms. The number of carbonyl (C=O) groups is 3. The van der Waals surface area contributed by atoms with E-state index in [1.807, 2.05) is 0 Å². The van der Waals surface area contributed by atoms with Crippen LogP contribution in [0.5, 0.6) is 11.5 Å². The summed E-state index contributed by atoms with van der Waals surface area (Å²) < 4.78 is 16.7. The zero-order valence-electron chi connectivity index (χ0n) is 17.1. The Labute approximate surface area is 181 Å². The molecule has 4 N–H and O–H groups in total. The number of ether oxygens (including phenoxy) is 3. The number of ketones is 2. The summed E-state index contributed by atoms with van der Waals surface area (Å²) in [5.74, 6) is -3.36. The van der Waals surface area contributed by atoms with Gasteiger partial charge in [0.05, 0.1) is 42.0 Å². The van der Waals surface area contributed by atoms with Crippen molar-refractivity contribution in [3.63, 3.8) is 0 Å². The van der Waals surface area contributed by atoms with Crippen LogP contribution in [0.15, 0.2) is 11.1 Å². The SMILES string of the molecule is CC1O[C@H]2CC(=O)O[C@H]2c2c(O)c3c(c(O)c21)C(=O)C1=C(C3=O)[C@@H]2C[C@@H](O)[C@@]1(O)[C@@H](C)O2. The maximum atomic E-state index is 13.6. The molecule has 1 aromatic rings. The van der Waals surface area contributed by atoms with Crippen molar-refractivity contribution in [1.29, 1.82) is 0 Å². The normalized spacial score (nSPS) is 39.4. The molecule has 6 aliphatic rings. The number of aromatic hydroxyl groups is 2. The number of carbonyl (C=O) groups excluding carboxylic acids is 3. The molecule has 2 fully saturated rings. The van der Waals surface area contributed by atoms with Gasteiger partial charge in [-0.15, -0.1) is 0 Å². The number of esters is 1. The molecule has 168 valence electrons. The number of phenolic OH excluding ortho intramolecular Hbond substituents is 2. The monoisotopic (exact) mass is 444 g/mol. The summed E-state index contributed by atoms with van der Waals surface area (Å²) in [6, 6.07) is 0. The number of hydrogen-bond acceptors (Lipinski definition) is 10. The molecule has 0 saturated carbocycles. The van der Waals surface area contributed by atoms with Crippen molar-refractivity contribution in [2.24, 2.45) is 0 Å². The van der Waals surface area contributed by atoms with Crippen LogP contribution < -0.4 is 0 Å². The zero-order valence-corrected chi connectivity index (χ0v) is 17.1. The molecule has 7 atom stereocenters. The van der Waals surface area contributed by atoms with Gasteiger partial charge in [0.15, 0.2) is 17.7 Å². The number of aliphatic hydroxyl groups excluding tert-OH is 1. The van der Waals surface area contributed by atoms with Crippen LogP contribution >= 0.6 is 0 Å². The molecule has 0 spiro atoms. The Morgan fingerprint density at radius 3 is 2.31 bits per heavy atom. The number of Topliss-reactive ketones (excluding diaryl/α,β-unsaturated/α-hetero) is 2. The van der Waals surface area contributed by atoms with E-state index in [4.69, 9.17) is 14.2 Å². The van der Waals surface area contributed by atoms with E-state index in [9.17, 15) is 34.8 Å². The lowest BCUT2D eigenvalue weighted by Crippen LogP contribution is -2.66. The topological polar surface area (TPSA) is 160 Å². The molecule has 1 unspecified atom stereocenters. The number of hydrogen-bond donors (Lipinski definition) is 4. The molecular formula is C22H20O10. The third-order valence-electron chi connectivity index (χ3n) is 7.41. The minimum atomic E-state index is -2.14. The average molecular weight is 444 g/mol. The van der Waals surface area contributed by atoms with Crippen LogP contribution in [0.1, 0.15) is 70.7 Å². The quantitative estimate of drug-likeness (QED) is 0.328. The van der Waals surface area contributed by atoms with Gasteiger partial charge in [-0.05, 0) is 13.8 Å². The lowest BCUT2D eigenvalue weighted by molar-refractivity contribution is -0.207. The molecule has 32 heavy (non-hydrogen) atoms. The van der Waals surface area contributed by atoms with Gasteiger partial charge in [0.1, 0.15) is 23.2 Å². The molecule has 2 aliphatic carbocycles. The van der Waals surface area contributed by atoms with Crippen molar-refractivity contribution in [3.8, 4) is 11.5 Å². The molecule has 2 saturated heterocycles. The summed E-state index contributed by atoms with van der Waals surface area (Å²) in [5.41, 5.74) is -3.41. The Bertz CT molecular complexity index is 1170. The van der Waals surface area contributed by atoms with Gasteiger partial charge in [0, 0.05) is 28.7 Å². The van der Waals surface area contributed by atoms with Crippen LogP contribution in [0.4, 0.5) is 0 Å². The fourth-order valence-corrected chi connectivity index (χ4v) is 5.95. The van der Waals surface area contributed by atoms with Crippen molar-refractivity contribution in [2.45, 2.75) is 68.9 Å². The number of phenols is 2. The van der Waals surface area contributed by atoms with Crippen molar-refractivity contribution < 1.29 is 49.0 Å². The molecule has 0 aromatic heterocycles. The van der Waals surface area contributed by atoms with Crippen LogP contribution in [-0.2, 0) is 19.0 Å². The molecule has 0 radical (unpaired) electrons. The first-order valence-corrected chi connectivity index (χ1v) is 10.4. The van der Waals surface area contributed by atoms with E-state index in [1.165, 1.54) is 6.92 Å². The van der Waals surface area contributed by atoms with Gasteiger partial charge < -0.3 is 34.6 Å². The van der Waals surface area contributed by atoms with Crippen LogP contribution in [0.3, 0.4) is 0 Å². The predicted molar refractivity (Wildman–Crippen MR) is 102 cm³/mol. The van der Waals surface area contributed by atoms with Crippen LogP contribution in [0.25, 0.3) is 0 Å². The number of aliphatic hydroxyl groups is 2. The predicted octanol–water partition coefficient (Wildman–Crippen LogP) is 0.504. The third kappa shape index (κ3) is 2.06. The highest BCUT2D eigenvalue weighted by Crippen LogP contribution is 2.57. The van der Waals surface area contributed by atoms with E-state index >= 15 is 0 Å². The summed E-state index contributed by atoms with van der Waals surface area (Å²) in [6.07, 6.45) is -5.97. The second-order valence-electron chi connectivity index (χ2n) is 9.00. The maximum Gasteiger partial charge on any atom is 0.309 e. The zero-order chi connectivity index (χ0) is 22.9. The smallest absolute Gasteiger partial charge is 0.309 e. The summed E-state index contributed by atoms with van der Waals surface area (Å²) in [6.45, 7) is 3.07. The highest BCUT2D eigenvalue weighted by atomic mass is 16.6. The lowest BCUT2D eigenvalue weighted by atomic mass is 9.63. The van der Waals surface area contributed by atoms with E-state index in [1.54, 1.807) is 6.92 Å². The Hall–Kier alpha value is -2.79. The van der Waals surface area contributed by atoms with Crippen LogP contribution in [-0.4, -0.2) is 68.0 Å². The standard InChI is InChI=1S/C22H20O10/c1-5-11-15(21-8(30-5)4-10(24)32-21)19(27)13-14(17(11)25)20(28)16-12(18(13)26)7-3-9(23)22(16,29)6(2)31-7/h5-9,21,23,25,27,29H,3-4H2,1-2H3/t5?,6-,7+,8+,9-,21-,22+/m1/s1. The highest BCUT2D eigenvalue weighted by molar-refractivity contribution is 6.30. The third-order valence-corrected chi connectivity index (χ3v) is 7.41. The van der Waals surface area contributed by atoms with Crippen molar-refractivity contribution in [3.05, 3.63) is 33.4 Å². The van der Waals surface area contributed by atoms with Gasteiger partial charge in [0.25, 0.3) is 0 Å². The van der Waals surface area contributed by atoms with Gasteiger partial charge in [0.2, 0.25) is 0 Å². The van der Waals surface area contributed by atoms with Crippen LogP contribution in [0, 0.1) is 0 Å². The number of rotatable bonds is 0. The van der Waals surface area contributed by atoms with Crippen LogP contribution in [0.2, 0.25) is 0 Å².